The fraction of sp³-hybridized carbons (Fsp3) is 0.0769. The zero-order valence-electron chi connectivity index (χ0n) is 10.9. The molecule has 0 unspecified atom stereocenters. The van der Waals surface area contributed by atoms with Gasteiger partial charge in [-0.1, -0.05) is 11.8 Å². The monoisotopic (exact) mass is 300 g/mol. The van der Waals surface area contributed by atoms with E-state index in [1.807, 2.05) is 18.2 Å². The van der Waals surface area contributed by atoms with Gasteiger partial charge in [-0.3, -0.25) is 9.89 Å². The Balaban J connectivity index is 1.67. The summed E-state index contributed by atoms with van der Waals surface area (Å²) < 4.78 is 0. The average molecular weight is 300 g/mol. The Bertz CT molecular complexity index is 787. The number of aromatic nitrogens is 4. The minimum Gasteiger partial charge on any atom is -0.376 e. The van der Waals surface area contributed by atoms with Crippen LogP contribution in [0.3, 0.4) is 0 Å². The highest BCUT2D eigenvalue weighted by Crippen LogP contribution is 2.21. The van der Waals surface area contributed by atoms with Crippen LogP contribution in [0.25, 0.3) is 10.9 Å². The number of thioether (sulfide) groups is 1. The molecule has 106 valence electrons. The molecule has 1 aromatic carbocycles. The Kier molecular flexibility index (Phi) is 3.69. The number of H-pyrrole nitrogens is 1. The van der Waals surface area contributed by atoms with Gasteiger partial charge in [0.25, 0.3) is 5.91 Å². The van der Waals surface area contributed by atoms with Crippen molar-refractivity contribution in [2.75, 3.05) is 11.2 Å². The largest absolute Gasteiger partial charge is 0.376 e. The molecule has 3 aromatic rings. The predicted molar refractivity (Wildman–Crippen MR) is 81.0 cm³/mol. The molecule has 0 atom stereocenters. The van der Waals surface area contributed by atoms with Crippen molar-refractivity contribution >= 4 is 34.3 Å². The Labute approximate surface area is 124 Å². The van der Waals surface area contributed by atoms with Gasteiger partial charge in [-0.2, -0.15) is 5.10 Å². The molecule has 0 aliphatic heterocycles. The van der Waals surface area contributed by atoms with Crippen molar-refractivity contribution in [3.63, 3.8) is 0 Å². The summed E-state index contributed by atoms with van der Waals surface area (Å²) in [5.74, 6) is 0.0265. The van der Waals surface area contributed by atoms with Crippen LogP contribution in [-0.2, 0) is 0 Å². The minimum absolute atomic E-state index is 0.328. The second-order valence-electron chi connectivity index (χ2n) is 4.24. The van der Waals surface area contributed by atoms with Gasteiger partial charge in [0, 0.05) is 17.3 Å². The molecule has 0 aliphatic carbocycles. The van der Waals surface area contributed by atoms with Crippen LogP contribution in [0.1, 0.15) is 10.4 Å². The van der Waals surface area contributed by atoms with Gasteiger partial charge in [-0.15, -0.1) is 0 Å². The fourth-order valence-electron chi connectivity index (χ4n) is 1.84. The molecule has 0 bridgehead atoms. The summed E-state index contributed by atoms with van der Waals surface area (Å²) in [6.45, 7) is 0. The number of primary amides is 1. The van der Waals surface area contributed by atoms with Crippen LogP contribution in [0.4, 0.5) is 5.69 Å². The van der Waals surface area contributed by atoms with Crippen molar-refractivity contribution in [1.82, 2.24) is 20.2 Å². The molecule has 3 rings (SSSR count). The number of anilines is 1. The van der Waals surface area contributed by atoms with E-state index in [1.165, 1.54) is 24.3 Å². The lowest BCUT2D eigenvalue weighted by atomic mass is 10.2. The van der Waals surface area contributed by atoms with Crippen LogP contribution in [-0.4, -0.2) is 31.9 Å². The predicted octanol–water partition coefficient (Wildman–Crippen LogP) is 1.61. The van der Waals surface area contributed by atoms with Crippen molar-refractivity contribution < 1.29 is 4.79 Å². The lowest BCUT2D eigenvalue weighted by Gasteiger charge is -2.07. The first-order valence-electron chi connectivity index (χ1n) is 6.13. The van der Waals surface area contributed by atoms with E-state index in [9.17, 15) is 4.79 Å². The summed E-state index contributed by atoms with van der Waals surface area (Å²) in [6, 6.07) is 5.90. The number of hydrogen-bond donors (Lipinski definition) is 3. The second kappa shape index (κ2) is 5.80. The van der Waals surface area contributed by atoms with E-state index in [1.54, 1.807) is 6.20 Å². The molecular weight excluding hydrogens is 288 g/mol. The topological polar surface area (TPSA) is 110 Å². The molecule has 0 saturated heterocycles. The Morgan fingerprint density at radius 3 is 3.14 bits per heavy atom. The lowest BCUT2D eigenvalue weighted by Crippen LogP contribution is -2.13. The number of hydrogen-bond acceptors (Lipinski definition) is 6. The molecule has 2 heterocycles. The summed E-state index contributed by atoms with van der Waals surface area (Å²) in [6.07, 6.45) is 4.59. The molecule has 4 N–H and O–H groups in total. The molecular formula is C13H12N6OS. The van der Waals surface area contributed by atoms with Gasteiger partial charge < -0.3 is 11.1 Å². The molecule has 2 aromatic heterocycles. The number of amides is 1. The normalized spacial score (nSPS) is 10.7. The highest BCUT2D eigenvalue weighted by molar-refractivity contribution is 7.99. The van der Waals surface area contributed by atoms with E-state index in [4.69, 9.17) is 5.73 Å². The number of aromatic amines is 1. The highest BCUT2D eigenvalue weighted by atomic mass is 32.2. The number of rotatable bonds is 5. The number of nitrogens with zero attached hydrogens (tertiary/aromatic N) is 3. The molecule has 0 radical (unpaired) electrons. The Hall–Kier alpha value is -2.61. The van der Waals surface area contributed by atoms with E-state index in [-0.39, 0.29) is 0 Å². The average Bonchev–Trinajstić information content (AvgIpc) is 2.95. The van der Waals surface area contributed by atoms with Gasteiger partial charge in [-0.25, -0.2) is 9.97 Å². The zero-order valence-corrected chi connectivity index (χ0v) is 11.7. The molecule has 0 fully saturated rings. The third kappa shape index (κ3) is 2.95. The third-order valence-electron chi connectivity index (χ3n) is 2.87. The van der Waals surface area contributed by atoms with E-state index in [0.29, 0.717) is 16.5 Å². The maximum atomic E-state index is 11.3. The number of fused-ring (bicyclic) bond motifs is 1. The maximum absolute atomic E-state index is 11.3. The molecule has 8 heteroatoms. The van der Waals surface area contributed by atoms with Crippen molar-refractivity contribution in [1.29, 1.82) is 0 Å². The van der Waals surface area contributed by atoms with Crippen LogP contribution in [0.5, 0.6) is 0 Å². The number of carbonyl (C=O) groups excluding carboxylic acids is 1. The Morgan fingerprint density at radius 1 is 1.38 bits per heavy atom. The number of carbonyl (C=O) groups is 1. The second-order valence-corrected chi connectivity index (χ2v) is 5.21. The van der Waals surface area contributed by atoms with Crippen molar-refractivity contribution in [3.8, 4) is 0 Å². The molecule has 7 nitrogen and oxygen atoms in total. The zero-order chi connectivity index (χ0) is 14.7. The van der Waals surface area contributed by atoms with Gasteiger partial charge in [-0.05, 0) is 18.2 Å². The van der Waals surface area contributed by atoms with Crippen LogP contribution in [0.15, 0.2) is 41.9 Å². The van der Waals surface area contributed by atoms with Crippen LogP contribution >= 0.6 is 11.8 Å². The number of nitrogens with one attached hydrogen (secondary N) is 2. The number of nitrogens with two attached hydrogens (primary N) is 1. The quantitative estimate of drug-likeness (QED) is 0.375. The van der Waals surface area contributed by atoms with Gasteiger partial charge in [0.05, 0.1) is 23.2 Å². The third-order valence-corrected chi connectivity index (χ3v) is 3.75. The van der Waals surface area contributed by atoms with Crippen LogP contribution in [0, 0.1) is 0 Å². The molecule has 0 spiro atoms. The summed E-state index contributed by atoms with van der Waals surface area (Å²) in [5.41, 5.74) is 7.56. The summed E-state index contributed by atoms with van der Waals surface area (Å²) in [7, 11) is 0. The SMILES string of the molecule is NC(=O)c1cncnc1SCNc1ccc2[nH]ncc2c1. The van der Waals surface area contributed by atoms with Crippen molar-refractivity contribution in [3.05, 3.63) is 42.5 Å². The van der Waals surface area contributed by atoms with Gasteiger partial charge >= 0.3 is 0 Å². The molecule has 21 heavy (non-hydrogen) atoms. The van der Waals surface area contributed by atoms with Crippen molar-refractivity contribution in [2.45, 2.75) is 5.03 Å². The van der Waals surface area contributed by atoms with Gasteiger partial charge in [0.1, 0.15) is 11.4 Å². The number of benzene rings is 1. The summed E-state index contributed by atoms with van der Waals surface area (Å²) in [4.78, 5) is 19.1. The minimum atomic E-state index is -0.530. The standard InChI is InChI=1S/C13H12N6OS/c14-12(20)10-5-15-6-16-13(10)21-7-17-9-1-2-11-8(3-9)4-18-19-11/h1-6,17H,7H2,(H2,14,20)(H,18,19). The van der Waals surface area contributed by atoms with Crippen molar-refractivity contribution in [2.24, 2.45) is 5.73 Å². The van der Waals surface area contributed by atoms with E-state index >= 15 is 0 Å². The summed E-state index contributed by atoms with van der Waals surface area (Å²) in [5, 5.41) is 11.7. The summed E-state index contributed by atoms with van der Waals surface area (Å²) >= 11 is 1.39. The molecule has 0 saturated carbocycles. The van der Waals surface area contributed by atoms with E-state index in [0.717, 1.165) is 16.6 Å². The van der Waals surface area contributed by atoms with Gasteiger partial charge in [0.15, 0.2) is 0 Å². The Morgan fingerprint density at radius 2 is 2.29 bits per heavy atom. The first-order valence-corrected chi connectivity index (χ1v) is 7.12. The van der Waals surface area contributed by atoms with Crippen LogP contribution in [0.2, 0.25) is 0 Å². The molecule has 0 aliphatic rings. The van der Waals surface area contributed by atoms with E-state index < -0.39 is 5.91 Å². The maximum Gasteiger partial charge on any atom is 0.253 e. The first kappa shape index (κ1) is 13.4. The smallest absolute Gasteiger partial charge is 0.253 e. The fourth-order valence-corrected chi connectivity index (χ4v) is 2.65. The highest BCUT2D eigenvalue weighted by Gasteiger charge is 2.09. The van der Waals surface area contributed by atoms with E-state index in [2.05, 4.69) is 25.5 Å². The van der Waals surface area contributed by atoms with Crippen LogP contribution < -0.4 is 11.1 Å². The van der Waals surface area contributed by atoms with Gasteiger partial charge in [0.2, 0.25) is 0 Å². The first-order chi connectivity index (χ1) is 10.2. The molecule has 1 amide bonds. The lowest BCUT2D eigenvalue weighted by molar-refractivity contribution is 0.0996.